The van der Waals surface area contributed by atoms with Crippen molar-refractivity contribution < 1.29 is 20.4 Å². The Morgan fingerprint density at radius 3 is 1.09 bits per heavy atom. The second-order valence-corrected chi connectivity index (χ2v) is 2.10. The van der Waals surface area contributed by atoms with Crippen LogP contribution in [-0.4, -0.2) is 6.38 Å². The van der Waals surface area contributed by atoms with Crippen molar-refractivity contribution in [2.24, 2.45) is 0 Å². The molecule has 1 aliphatic carbocycles. The largest absolute Gasteiger partial charge is 0.130 e. The first-order chi connectivity index (χ1) is 5.00. The zero-order valence-electron chi connectivity index (χ0n) is 6.83. The minimum atomic E-state index is 0. The van der Waals surface area contributed by atoms with E-state index in [9.17, 15) is 0 Å². The summed E-state index contributed by atoms with van der Waals surface area (Å²) in [7, 11) is 0. The number of hydrogen-bond donors (Lipinski definition) is 0. The van der Waals surface area contributed by atoms with E-state index in [2.05, 4.69) is 35.9 Å². The van der Waals surface area contributed by atoms with Crippen LogP contribution >= 0.6 is 11.6 Å². The summed E-state index contributed by atoms with van der Waals surface area (Å²) in [5, 5.41) is 0. The summed E-state index contributed by atoms with van der Waals surface area (Å²) >= 11 is 4.64. The SMILES string of the molecule is C1=C\CC/C=C\CC/1.CCl.[Pd]. The Balaban J connectivity index is 0. The molecule has 0 saturated heterocycles. The Morgan fingerprint density at radius 2 is 0.909 bits per heavy atom. The van der Waals surface area contributed by atoms with Gasteiger partial charge in [0.25, 0.3) is 0 Å². The number of halogens is 1. The van der Waals surface area contributed by atoms with Gasteiger partial charge in [-0.1, -0.05) is 24.3 Å². The van der Waals surface area contributed by atoms with Crippen LogP contribution in [-0.2, 0) is 20.4 Å². The maximum atomic E-state index is 4.64. The van der Waals surface area contributed by atoms with E-state index in [4.69, 9.17) is 0 Å². The van der Waals surface area contributed by atoms with Gasteiger partial charge in [0.1, 0.15) is 0 Å². The van der Waals surface area contributed by atoms with Crippen LogP contribution < -0.4 is 0 Å². The number of alkyl halides is 1. The van der Waals surface area contributed by atoms with Crippen LogP contribution in [0, 0.1) is 0 Å². The van der Waals surface area contributed by atoms with Crippen LogP contribution in [0.25, 0.3) is 0 Å². The molecule has 0 aromatic heterocycles. The molecule has 1 aliphatic rings. The summed E-state index contributed by atoms with van der Waals surface area (Å²) in [4.78, 5) is 0. The zero-order chi connectivity index (χ0) is 7.66. The van der Waals surface area contributed by atoms with Gasteiger partial charge in [0.2, 0.25) is 0 Å². The van der Waals surface area contributed by atoms with Crippen molar-refractivity contribution in [3.05, 3.63) is 24.3 Å². The molecular weight excluding hydrogens is 250 g/mol. The van der Waals surface area contributed by atoms with Crippen molar-refractivity contribution in [2.75, 3.05) is 6.38 Å². The van der Waals surface area contributed by atoms with Gasteiger partial charge in [-0.25, -0.2) is 0 Å². The van der Waals surface area contributed by atoms with E-state index < -0.39 is 0 Å². The van der Waals surface area contributed by atoms with E-state index >= 15 is 0 Å². The molecule has 0 N–H and O–H groups in total. The van der Waals surface area contributed by atoms with E-state index in [1.807, 2.05) is 0 Å². The molecule has 0 amide bonds. The molecular formula is C9H15ClPd. The van der Waals surface area contributed by atoms with Crippen molar-refractivity contribution in [3.63, 3.8) is 0 Å². The molecule has 0 fully saturated rings. The monoisotopic (exact) mass is 264 g/mol. The van der Waals surface area contributed by atoms with Gasteiger partial charge in [-0.3, -0.25) is 0 Å². The van der Waals surface area contributed by atoms with Crippen LogP contribution in [0.3, 0.4) is 0 Å². The molecule has 2 heteroatoms. The van der Waals surface area contributed by atoms with E-state index in [1.165, 1.54) is 32.1 Å². The molecule has 0 atom stereocenters. The second kappa shape index (κ2) is 13.1. The minimum absolute atomic E-state index is 0. The van der Waals surface area contributed by atoms with Gasteiger partial charge in [0.15, 0.2) is 0 Å². The topological polar surface area (TPSA) is 0 Å². The molecule has 0 unspecified atom stereocenters. The van der Waals surface area contributed by atoms with Crippen molar-refractivity contribution in [3.8, 4) is 0 Å². The molecule has 0 spiro atoms. The van der Waals surface area contributed by atoms with Crippen molar-refractivity contribution >= 4 is 11.6 Å². The smallest absolute Gasteiger partial charge is 0.0108 e. The van der Waals surface area contributed by atoms with E-state index in [0.717, 1.165) is 0 Å². The van der Waals surface area contributed by atoms with Crippen LogP contribution in [0.15, 0.2) is 24.3 Å². The van der Waals surface area contributed by atoms with Crippen LogP contribution in [0.5, 0.6) is 0 Å². The fourth-order valence-electron chi connectivity index (χ4n) is 0.856. The number of rotatable bonds is 0. The average Bonchev–Trinajstić information content (AvgIpc) is 1.90. The van der Waals surface area contributed by atoms with Crippen molar-refractivity contribution in [1.82, 2.24) is 0 Å². The third-order valence-corrected chi connectivity index (χ3v) is 1.33. The second-order valence-electron chi connectivity index (χ2n) is 2.10. The first-order valence-electron chi connectivity index (χ1n) is 3.68. The first kappa shape index (κ1) is 14.0. The van der Waals surface area contributed by atoms with Gasteiger partial charge in [0, 0.05) is 26.8 Å². The van der Waals surface area contributed by atoms with E-state index in [1.54, 1.807) is 0 Å². The molecule has 0 bridgehead atoms. The molecule has 0 aromatic carbocycles. The molecule has 0 aromatic rings. The molecule has 0 aliphatic heterocycles. The molecule has 1 rings (SSSR count). The third kappa shape index (κ3) is 10.4. The maximum Gasteiger partial charge on any atom is 0.0108 e. The van der Waals surface area contributed by atoms with Gasteiger partial charge in [0.05, 0.1) is 0 Å². The van der Waals surface area contributed by atoms with Gasteiger partial charge in [-0.05, 0) is 25.7 Å². The van der Waals surface area contributed by atoms with Gasteiger partial charge < -0.3 is 0 Å². The molecule has 0 radical (unpaired) electrons. The summed E-state index contributed by atoms with van der Waals surface area (Å²) in [5.74, 6) is 0. The maximum absolute atomic E-state index is 4.64. The Hall–Kier alpha value is 0.432. The normalized spacial score (nSPS) is 20.9. The molecule has 68 valence electrons. The summed E-state index contributed by atoms with van der Waals surface area (Å²) in [6, 6.07) is 0. The Labute approximate surface area is 88.4 Å². The fraction of sp³-hybridized carbons (Fsp3) is 0.556. The van der Waals surface area contributed by atoms with Crippen LogP contribution in [0.4, 0.5) is 0 Å². The Morgan fingerprint density at radius 1 is 0.727 bits per heavy atom. The fourth-order valence-corrected chi connectivity index (χ4v) is 0.856. The zero-order valence-corrected chi connectivity index (χ0v) is 9.14. The average molecular weight is 265 g/mol. The molecule has 0 saturated carbocycles. The van der Waals surface area contributed by atoms with Crippen LogP contribution in [0.2, 0.25) is 0 Å². The quantitative estimate of drug-likeness (QED) is 0.357. The van der Waals surface area contributed by atoms with Crippen LogP contribution in [0.1, 0.15) is 25.7 Å². The predicted molar refractivity (Wildman–Crippen MR) is 48.5 cm³/mol. The summed E-state index contributed by atoms with van der Waals surface area (Å²) in [5.41, 5.74) is 0. The van der Waals surface area contributed by atoms with Crippen molar-refractivity contribution in [1.29, 1.82) is 0 Å². The van der Waals surface area contributed by atoms with Gasteiger partial charge in [-0.15, -0.1) is 11.6 Å². The summed E-state index contributed by atoms with van der Waals surface area (Å²) in [6.07, 6.45) is 15.5. The Kier molecular flexibility index (Phi) is 16.6. The first-order valence-corrected chi connectivity index (χ1v) is 4.43. The standard InChI is InChI=1S/C8H12.CH3Cl.Pd/c1-2-4-6-8-7-5-3-1;1-2;/h1-2,7-8H,3-6H2;1H3;/b2-1-,8-7-;;. The number of hydrogen-bond acceptors (Lipinski definition) is 0. The number of allylic oxidation sites excluding steroid dienone is 4. The Bertz CT molecular complexity index is 82.1. The van der Waals surface area contributed by atoms with E-state index in [-0.39, 0.29) is 20.4 Å². The third-order valence-electron chi connectivity index (χ3n) is 1.33. The van der Waals surface area contributed by atoms with Crippen molar-refractivity contribution in [2.45, 2.75) is 25.7 Å². The molecule has 11 heavy (non-hydrogen) atoms. The van der Waals surface area contributed by atoms with Gasteiger partial charge in [-0.2, -0.15) is 0 Å². The molecule has 0 nitrogen and oxygen atoms in total. The molecule has 0 heterocycles. The summed E-state index contributed by atoms with van der Waals surface area (Å²) in [6.45, 7) is 0. The van der Waals surface area contributed by atoms with Gasteiger partial charge >= 0.3 is 0 Å². The van der Waals surface area contributed by atoms with E-state index in [0.29, 0.717) is 0 Å². The summed E-state index contributed by atoms with van der Waals surface area (Å²) < 4.78 is 0. The predicted octanol–water partition coefficient (Wildman–Crippen LogP) is 3.53. The minimum Gasteiger partial charge on any atom is -0.130 e.